The van der Waals surface area contributed by atoms with E-state index in [2.05, 4.69) is 15.5 Å². The number of para-hydroxylation sites is 1. The third-order valence-corrected chi connectivity index (χ3v) is 3.89. The zero-order valence-electron chi connectivity index (χ0n) is 12.8. The molecule has 0 saturated carbocycles. The summed E-state index contributed by atoms with van der Waals surface area (Å²) in [6.45, 7) is 0. The Labute approximate surface area is 143 Å². The van der Waals surface area contributed by atoms with Gasteiger partial charge in [-0.1, -0.05) is 48.0 Å². The number of azo groups is 1. The maximum atomic E-state index is 12.6. The van der Waals surface area contributed by atoms with Crippen LogP contribution in [0.1, 0.15) is 10.4 Å². The second-order valence-corrected chi connectivity index (χ2v) is 5.48. The number of rotatable bonds is 3. The van der Waals surface area contributed by atoms with E-state index in [0.717, 1.165) is 10.8 Å². The highest BCUT2D eigenvalue weighted by molar-refractivity contribution is 6.34. The average Bonchev–Trinajstić information content (AvgIpc) is 2.59. The van der Waals surface area contributed by atoms with Gasteiger partial charge in [0.15, 0.2) is 5.75 Å². The Bertz CT molecular complexity index is 954. The number of phenols is 1. The summed E-state index contributed by atoms with van der Waals surface area (Å²) in [6.07, 6.45) is 0. The molecule has 0 bridgehead atoms. The largest absolute Gasteiger partial charge is 0.505 e. The van der Waals surface area contributed by atoms with E-state index in [-0.39, 0.29) is 17.0 Å². The number of carbonyl (C=O) groups is 1. The van der Waals surface area contributed by atoms with Gasteiger partial charge in [-0.3, -0.25) is 4.79 Å². The molecule has 0 atom stereocenters. The molecule has 3 aromatic rings. The molecular weight excluding hydrogens is 326 g/mol. The van der Waals surface area contributed by atoms with Crippen LogP contribution in [-0.2, 0) is 0 Å². The molecule has 0 unspecified atom stereocenters. The summed E-state index contributed by atoms with van der Waals surface area (Å²) in [4.78, 5) is 12.6. The summed E-state index contributed by atoms with van der Waals surface area (Å²) in [5.41, 5.74) is 0.839. The van der Waals surface area contributed by atoms with Crippen molar-refractivity contribution in [1.82, 2.24) is 0 Å². The second kappa shape index (κ2) is 6.68. The maximum Gasteiger partial charge on any atom is 0.259 e. The van der Waals surface area contributed by atoms with Crippen LogP contribution in [0, 0.1) is 0 Å². The van der Waals surface area contributed by atoms with Gasteiger partial charge in [0.2, 0.25) is 0 Å². The van der Waals surface area contributed by atoms with E-state index in [1.165, 1.54) is 7.05 Å². The Morgan fingerprint density at radius 1 is 1.12 bits per heavy atom. The average molecular weight is 340 g/mol. The topological polar surface area (TPSA) is 74.0 Å². The van der Waals surface area contributed by atoms with Gasteiger partial charge < -0.3 is 10.4 Å². The van der Waals surface area contributed by atoms with Gasteiger partial charge in [-0.25, -0.2) is 0 Å². The number of hydrogen-bond donors (Lipinski definition) is 2. The first-order valence-electron chi connectivity index (χ1n) is 7.22. The lowest BCUT2D eigenvalue weighted by molar-refractivity contribution is 0.102. The van der Waals surface area contributed by atoms with Crippen LogP contribution >= 0.6 is 11.6 Å². The summed E-state index contributed by atoms with van der Waals surface area (Å²) < 4.78 is 0. The number of benzene rings is 3. The molecule has 0 saturated heterocycles. The van der Waals surface area contributed by atoms with Crippen LogP contribution in [0.25, 0.3) is 10.8 Å². The maximum absolute atomic E-state index is 12.6. The Hall–Kier alpha value is -2.92. The van der Waals surface area contributed by atoms with Gasteiger partial charge in [-0.2, -0.15) is 10.2 Å². The summed E-state index contributed by atoms with van der Waals surface area (Å²) in [5.74, 6) is -0.692. The van der Waals surface area contributed by atoms with Crippen LogP contribution in [0.15, 0.2) is 64.8 Å². The fourth-order valence-electron chi connectivity index (χ4n) is 2.44. The van der Waals surface area contributed by atoms with Crippen molar-refractivity contribution in [3.63, 3.8) is 0 Å². The fourth-order valence-corrected chi connectivity index (χ4v) is 2.63. The van der Waals surface area contributed by atoms with Gasteiger partial charge >= 0.3 is 0 Å². The number of hydrogen-bond acceptors (Lipinski definition) is 4. The van der Waals surface area contributed by atoms with E-state index < -0.39 is 5.91 Å². The van der Waals surface area contributed by atoms with Crippen LogP contribution in [-0.4, -0.2) is 18.1 Å². The summed E-state index contributed by atoms with van der Waals surface area (Å²) in [6, 6.07) is 15.8. The molecule has 120 valence electrons. The van der Waals surface area contributed by atoms with E-state index >= 15 is 0 Å². The standard InChI is InChI=1S/C18H14ClN3O2/c1-20-22-16-12-7-3-2-6-11(12)10-13(17(16)23)18(24)21-15-9-5-4-8-14(15)19/h2-10,23H,1H3,(H,21,24). The lowest BCUT2D eigenvalue weighted by atomic mass is 10.0. The highest BCUT2D eigenvalue weighted by Gasteiger charge is 2.18. The molecule has 0 aliphatic heterocycles. The van der Waals surface area contributed by atoms with Crippen molar-refractivity contribution in [3.8, 4) is 5.75 Å². The van der Waals surface area contributed by atoms with Crippen molar-refractivity contribution in [2.24, 2.45) is 10.2 Å². The number of anilines is 1. The molecule has 0 aromatic heterocycles. The van der Waals surface area contributed by atoms with Crippen LogP contribution in [0.4, 0.5) is 11.4 Å². The number of nitrogens with one attached hydrogen (secondary N) is 1. The lowest BCUT2D eigenvalue weighted by Crippen LogP contribution is -2.12. The van der Waals surface area contributed by atoms with Crippen molar-refractivity contribution < 1.29 is 9.90 Å². The number of phenolic OH excluding ortho intramolecular Hbond substituents is 1. The number of fused-ring (bicyclic) bond motifs is 1. The molecule has 2 N–H and O–H groups in total. The zero-order valence-corrected chi connectivity index (χ0v) is 13.6. The molecular formula is C18H14ClN3O2. The monoisotopic (exact) mass is 339 g/mol. The minimum atomic E-state index is -0.473. The first-order valence-corrected chi connectivity index (χ1v) is 7.60. The van der Waals surface area contributed by atoms with E-state index in [1.54, 1.807) is 30.3 Å². The highest BCUT2D eigenvalue weighted by atomic mass is 35.5. The summed E-state index contributed by atoms with van der Waals surface area (Å²) in [5, 5.41) is 22.8. The Balaban J connectivity index is 2.10. The molecule has 0 spiro atoms. The lowest BCUT2D eigenvalue weighted by Gasteiger charge is -2.11. The van der Waals surface area contributed by atoms with Gasteiger partial charge in [0.05, 0.1) is 16.3 Å². The van der Waals surface area contributed by atoms with Crippen LogP contribution in [0.2, 0.25) is 5.02 Å². The van der Waals surface area contributed by atoms with Crippen molar-refractivity contribution in [3.05, 3.63) is 65.2 Å². The fraction of sp³-hybridized carbons (Fsp3) is 0.0556. The Morgan fingerprint density at radius 2 is 1.83 bits per heavy atom. The first kappa shape index (κ1) is 16.0. The van der Waals surface area contributed by atoms with E-state index in [4.69, 9.17) is 11.6 Å². The van der Waals surface area contributed by atoms with E-state index in [1.807, 2.05) is 24.3 Å². The summed E-state index contributed by atoms with van der Waals surface area (Å²) in [7, 11) is 1.50. The van der Waals surface area contributed by atoms with Gasteiger partial charge in [-0.15, -0.1) is 0 Å². The van der Waals surface area contributed by atoms with Gasteiger partial charge in [-0.05, 0) is 23.6 Å². The Morgan fingerprint density at radius 3 is 2.58 bits per heavy atom. The van der Waals surface area contributed by atoms with Crippen molar-refractivity contribution >= 4 is 39.7 Å². The molecule has 5 nitrogen and oxygen atoms in total. The predicted molar refractivity (Wildman–Crippen MR) is 95.5 cm³/mol. The van der Waals surface area contributed by atoms with Gasteiger partial charge in [0.25, 0.3) is 5.91 Å². The number of carbonyl (C=O) groups excluding carboxylic acids is 1. The first-order chi connectivity index (χ1) is 11.6. The molecule has 0 radical (unpaired) electrons. The quantitative estimate of drug-likeness (QED) is 0.646. The SMILES string of the molecule is CN=Nc1c(O)c(C(=O)Nc2ccccc2Cl)cc2ccccc12. The van der Waals surface area contributed by atoms with Crippen molar-refractivity contribution in [1.29, 1.82) is 0 Å². The molecule has 0 heterocycles. The van der Waals surface area contributed by atoms with Gasteiger partial charge in [0, 0.05) is 12.4 Å². The van der Waals surface area contributed by atoms with Crippen LogP contribution in [0.5, 0.6) is 5.75 Å². The molecule has 3 rings (SSSR count). The van der Waals surface area contributed by atoms with Crippen LogP contribution < -0.4 is 5.32 Å². The molecule has 3 aromatic carbocycles. The normalized spacial score (nSPS) is 11.1. The minimum absolute atomic E-state index is 0.107. The van der Waals surface area contributed by atoms with E-state index in [9.17, 15) is 9.90 Å². The predicted octanol–water partition coefficient (Wildman–Crippen LogP) is 5.16. The van der Waals surface area contributed by atoms with Crippen molar-refractivity contribution in [2.45, 2.75) is 0 Å². The minimum Gasteiger partial charge on any atom is -0.505 e. The third-order valence-electron chi connectivity index (χ3n) is 3.56. The van der Waals surface area contributed by atoms with Gasteiger partial charge in [0.1, 0.15) is 5.69 Å². The molecule has 6 heteroatoms. The third kappa shape index (κ3) is 2.94. The number of halogens is 1. The summed E-state index contributed by atoms with van der Waals surface area (Å²) >= 11 is 6.06. The second-order valence-electron chi connectivity index (χ2n) is 5.08. The molecule has 0 aliphatic carbocycles. The van der Waals surface area contributed by atoms with Crippen LogP contribution in [0.3, 0.4) is 0 Å². The zero-order chi connectivity index (χ0) is 17.1. The smallest absolute Gasteiger partial charge is 0.259 e. The molecule has 0 aliphatic rings. The number of nitrogens with zero attached hydrogens (tertiary/aromatic N) is 2. The van der Waals surface area contributed by atoms with E-state index in [0.29, 0.717) is 10.7 Å². The Kier molecular flexibility index (Phi) is 4.44. The number of amides is 1. The number of aromatic hydroxyl groups is 1. The molecule has 1 amide bonds. The van der Waals surface area contributed by atoms with Crippen molar-refractivity contribution in [2.75, 3.05) is 12.4 Å². The molecule has 0 fully saturated rings. The highest BCUT2D eigenvalue weighted by Crippen LogP contribution is 2.39. The molecule has 24 heavy (non-hydrogen) atoms.